The molecule has 0 aliphatic heterocycles. The largest absolute Gasteiger partial charge is 0.419 e. The highest BCUT2D eigenvalue weighted by atomic mass is 16.4. The predicted molar refractivity (Wildman–Crippen MR) is 59.4 cm³/mol. The molecule has 0 saturated heterocycles. The number of ketones is 2. The summed E-state index contributed by atoms with van der Waals surface area (Å²) in [5.41, 5.74) is 0.822. The average Bonchev–Trinajstić information content (AvgIpc) is 2.80. The van der Waals surface area contributed by atoms with E-state index in [2.05, 4.69) is 10.3 Å². The van der Waals surface area contributed by atoms with Crippen LogP contribution in [-0.2, 0) is 0 Å². The maximum Gasteiger partial charge on any atom is 0.295 e. The van der Waals surface area contributed by atoms with E-state index in [1.54, 1.807) is 31.3 Å². The first-order valence-corrected chi connectivity index (χ1v) is 5.09. The van der Waals surface area contributed by atoms with E-state index >= 15 is 0 Å². The molecule has 1 N–H and O–H groups in total. The summed E-state index contributed by atoms with van der Waals surface area (Å²) in [5.74, 6) is -0.567. The van der Waals surface area contributed by atoms with Gasteiger partial charge < -0.3 is 9.73 Å². The third kappa shape index (κ3) is 1.22. The van der Waals surface area contributed by atoms with Crippen LogP contribution in [0.3, 0.4) is 0 Å². The van der Waals surface area contributed by atoms with Crippen molar-refractivity contribution in [3.05, 3.63) is 46.8 Å². The monoisotopic (exact) mass is 228 g/mol. The van der Waals surface area contributed by atoms with E-state index in [1.165, 1.54) is 0 Å². The summed E-state index contributed by atoms with van der Waals surface area (Å²) in [4.78, 5) is 28.1. The second-order valence-electron chi connectivity index (χ2n) is 3.65. The van der Waals surface area contributed by atoms with E-state index in [1.807, 2.05) is 0 Å². The Morgan fingerprint density at radius 1 is 1.12 bits per heavy atom. The van der Waals surface area contributed by atoms with Gasteiger partial charge in [0.2, 0.25) is 17.3 Å². The van der Waals surface area contributed by atoms with Gasteiger partial charge in [-0.15, -0.1) is 0 Å². The predicted octanol–water partition coefficient (Wildman–Crippen LogP) is 1.49. The maximum absolute atomic E-state index is 12.1. The highest BCUT2D eigenvalue weighted by Crippen LogP contribution is 2.28. The van der Waals surface area contributed by atoms with Gasteiger partial charge in [0.25, 0.3) is 6.01 Å². The van der Waals surface area contributed by atoms with Crippen LogP contribution in [0.5, 0.6) is 0 Å². The van der Waals surface area contributed by atoms with E-state index in [0.29, 0.717) is 11.1 Å². The first-order valence-electron chi connectivity index (χ1n) is 5.09. The van der Waals surface area contributed by atoms with Crippen molar-refractivity contribution in [2.45, 2.75) is 0 Å². The molecule has 1 heterocycles. The summed E-state index contributed by atoms with van der Waals surface area (Å²) in [6.45, 7) is 0. The Balaban J connectivity index is 2.27. The number of benzene rings is 1. The standard InChI is InChI=1S/C12H8N2O3/c1-13-12-14-8-9(15)6-4-2-3-5-7(6)10(16)11(8)17-12/h2-5H,1H3,(H,13,14). The number of fused-ring (bicyclic) bond motifs is 2. The number of hydrogen-bond donors (Lipinski definition) is 1. The fourth-order valence-corrected chi connectivity index (χ4v) is 1.86. The van der Waals surface area contributed by atoms with Gasteiger partial charge in [-0.05, 0) is 0 Å². The van der Waals surface area contributed by atoms with Gasteiger partial charge in [0.05, 0.1) is 0 Å². The number of carbonyl (C=O) groups excluding carboxylic acids is 2. The first-order chi connectivity index (χ1) is 8.22. The lowest BCUT2D eigenvalue weighted by molar-refractivity contribution is 0.0959. The first kappa shape index (κ1) is 9.77. The number of rotatable bonds is 1. The fraction of sp³-hybridized carbons (Fsp3) is 0.0833. The molecule has 2 aromatic rings. The number of oxazole rings is 1. The minimum Gasteiger partial charge on any atom is -0.419 e. The molecule has 0 atom stereocenters. The van der Waals surface area contributed by atoms with Crippen LogP contribution >= 0.6 is 0 Å². The van der Waals surface area contributed by atoms with Gasteiger partial charge in [-0.1, -0.05) is 24.3 Å². The van der Waals surface area contributed by atoms with E-state index < -0.39 is 0 Å². The number of anilines is 1. The SMILES string of the molecule is CNc1nc2c(o1)C(=O)c1ccccc1C2=O. The van der Waals surface area contributed by atoms with E-state index in [-0.39, 0.29) is 29.0 Å². The summed E-state index contributed by atoms with van der Waals surface area (Å²) in [7, 11) is 1.61. The van der Waals surface area contributed by atoms with Crippen LogP contribution in [0.1, 0.15) is 32.2 Å². The lowest BCUT2D eigenvalue weighted by atomic mass is 9.91. The van der Waals surface area contributed by atoms with Crippen LogP contribution in [0.15, 0.2) is 28.7 Å². The summed E-state index contributed by atoms with van der Waals surface area (Å²) >= 11 is 0. The van der Waals surface area contributed by atoms with E-state index in [4.69, 9.17) is 4.42 Å². The van der Waals surface area contributed by atoms with Crippen LogP contribution in [0.4, 0.5) is 6.01 Å². The van der Waals surface area contributed by atoms with Crippen molar-refractivity contribution in [1.29, 1.82) is 0 Å². The Kier molecular flexibility index (Phi) is 1.89. The zero-order valence-electron chi connectivity index (χ0n) is 8.98. The molecule has 5 heteroatoms. The summed E-state index contributed by atoms with van der Waals surface area (Å²) in [6, 6.07) is 6.83. The van der Waals surface area contributed by atoms with Gasteiger partial charge in [-0.2, -0.15) is 4.98 Å². The molecule has 1 aromatic heterocycles. The molecule has 1 aliphatic carbocycles. The quantitative estimate of drug-likeness (QED) is 0.683. The molecule has 0 amide bonds. The van der Waals surface area contributed by atoms with Gasteiger partial charge in [-0.3, -0.25) is 9.59 Å². The summed E-state index contributed by atoms with van der Waals surface area (Å²) in [6.07, 6.45) is 0. The van der Waals surface area contributed by atoms with Gasteiger partial charge in [0, 0.05) is 18.2 Å². The number of nitrogens with zero attached hydrogens (tertiary/aromatic N) is 1. The molecule has 1 aromatic carbocycles. The molecule has 3 rings (SSSR count). The van der Waals surface area contributed by atoms with Crippen LogP contribution in [-0.4, -0.2) is 23.6 Å². The molecule has 0 spiro atoms. The second-order valence-corrected chi connectivity index (χ2v) is 3.65. The van der Waals surface area contributed by atoms with Gasteiger partial charge in [0.1, 0.15) is 0 Å². The number of carbonyl (C=O) groups is 2. The Hall–Kier alpha value is -2.43. The van der Waals surface area contributed by atoms with Crippen LogP contribution in [0.25, 0.3) is 0 Å². The smallest absolute Gasteiger partial charge is 0.295 e. The topological polar surface area (TPSA) is 72.2 Å². The summed E-state index contributed by atoms with van der Waals surface area (Å²) < 4.78 is 5.20. The van der Waals surface area contributed by atoms with Crippen molar-refractivity contribution in [2.24, 2.45) is 0 Å². The van der Waals surface area contributed by atoms with Crippen molar-refractivity contribution < 1.29 is 14.0 Å². The molecule has 84 valence electrons. The zero-order chi connectivity index (χ0) is 12.0. The van der Waals surface area contributed by atoms with Crippen molar-refractivity contribution in [3.8, 4) is 0 Å². The highest BCUT2D eigenvalue weighted by Gasteiger charge is 2.34. The maximum atomic E-state index is 12.1. The van der Waals surface area contributed by atoms with Crippen LogP contribution in [0, 0.1) is 0 Å². The van der Waals surface area contributed by atoms with Crippen molar-refractivity contribution in [2.75, 3.05) is 12.4 Å². The van der Waals surface area contributed by atoms with Crippen molar-refractivity contribution >= 4 is 17.6 Å². The number of nitrogens with one attached hydrogen (secondary N) is 1. The fourth-order valence-electron chi connectivity index (χ4n) is 1.86. The number of hydrogen-bond acceptors (Lipinski definition) is 5. The third-order valence-corrected chi connectivity index (χ3v) is 2.68. The average molecular weight is 228 g/mol. The minimum atomic E-state index is -0.302. The Labute approximate surface area is 96.5 Å². The Morgan fingerprint density at radius 3 is 2.41 bits per heavy atom. The lowest BCUT2D eigenvalue weighted by Crippen LogP contribution is -2.19. The molecule has 0 fully saturated rings. The molecule has 0 radical (unpaired) electrons. The highest BCUT2D eigenvalue weighted by molar-refractivity contribution is 6.26. The molecular formula is C12H8N2O3. The molecule has 17 heavy (non-hydrogen) atoms. The molecule has 1 aliphatic rings. The second kappa shape index (κ2) is 3.28. The molecule has 0 bridgehead atoms. The van der Waals surface area contributed by atoms with Crippen molar-refractivity contribution in [3.63, 3.8) is 0 Å². The van der Waals surface area contributed by atoms with Crippen LogP contribution in [0.2, 0.25) is 0 Å². The van der Waals surface area contributed by atoms with E-state index in [0.717, 1.165) is 0 Å². The Morgan fingerprint density at radius 2 is 1.76 bits per heavy atom. The van der Waals surface area contributed by atoms with Gasteiger partial charge >= 0.3 is 0 Å². The zero-order valence-corrected chi connectivity index (χ0v) is 8.98. The lowest BCUT2D eigenvalue weighted by Gasteiger charge is -2.10. The third-order valence-electron chi connectivity index (χ3n) is 2.68. The molecule has 0 saturated carbocycles. The number of aromatic nitrogens is 1. The van der Waals surface area contributed by atoms with Crippen LogP contribution < -0.4 is 5.32 Å². The molecule has 5 nitrogen and oxygen atoms in total. The van der Waals surface area contributed by atoms with Gasteiger partial charge in [-0.25, -0.2) is 0 Å². The van der Waals surface area contributed by atoms with E-state index in [9.17, 15) is 9.59 Å². The normalized spacial score (nSPS) is 13.2. The molecule has 0 unspecified atom stereocenters. The summed E-state index contributed by atoms with van der Waals surface area (Å²) in [5, 5.41) is 2.67. The Bertz CT molecular complexity index is 590. The van der Waals surface area contributed by atoms with Gasteiger partial charge in [0.15, 0.2) is 5.69 Å². The molecular weight excluding hydrogens is 220 g/mol. The van der Waals surface area contributed by atoms with Crippen molar-refractivity contribution in [1.82, 2.24) is 4.98 Å². The minimum absolute atomic E-state index is 0.0121.